The van der Waals surface area contributed by atoms with Crippen LogP contribution in [0.3, 0.4) is 0 Å². The maximum Gasteiger partial charge on any atom is 0.255 e. The molecule has 1 amide bonds. The number of hydrogen-bond acceptors (Lipinski definition) is 4. The number of amides is 1. The molecule has 3 aromatic rings. The highest BCUT2D eigenvalue weighted by Gasteiger charge is 2.31. The molecular weight excluding hydrogens is 429 g/mol. The summed E-state index contributed by atoms with van der Waals surface area (Å²) in [6.45, 7) is 3.36. The molecule has 8 heteroatoms. The summed E-state index contributed by atoms with van der Waals surface area (Å²) < 4.78 is 42.2. The summed E-state index contributed by atoms with van der Waals surface area (Å²) in [6, 6.07) is 20.4. The number of rotatable bonds is 5. The van der Waals surface area contributed by atoms with Crippen molar-refractivity contribution in [2.24, 2.45) is 0 Å². The zero-order valence-electron chi connectivity index (χ0n) is 17.7. The number of para-hydroxylation sites is 1. The van der Waals surface area contributed by atoms with Gasteiger partial charge in [-0.2, -0.15) is 4.31 Å². The third-order valence-corrected chi connectivity index (χ3v) is 7.36. The first-order chi connectivity index (χ1) is 15.3. The Morgan fingerprint density at radius 1 is 0.906 bits per heavy atom. The summed E-state index contributed by atoms with van der Waals surface area (Å²) in [5.41, 5.74) is 2.65. The Kier molecular flexibility index (Phi) is 6.25. The minimum atomic E-state index is -4.08. The van der Waals surface area contributed by atoms with Gasteiger partial charge < -0.3 is 10.2 Å². The van der Waals surface area contributed by atoms with Crippen LogP contribution in [0.2, 0.25) is 0 Å². The number of aryl methyl sites for hydroxylation is 1. The second-order valence-corrected chi connectivity index (χ2v) is 9.60. The molecule has 0 radical (unpaired) electrons. The van der Waals surface area contributed by atoms with E-state index in [1.54, 1.807) is 18.2 Å². The van der Waals surface area contributed by atoms with Crippen LogP contribution in [0.15, 0.2) is 77.7 Å². The summed E-state index contributed by atoms with van der Waals surface area (Å²) in [7, 11) is -4.08. The van der Waals surface area contributed by atoms with E-state index in [-0.39, 0.29) is 18.7 Å². The first-order valence-electron chi connectivity index (χ1n) is 10.3. The van der Waals surface area contributed by atoms with Gasteiger partial charge in [-0.05, 0) is 55.0 Å². The highest BCUT2D eigenvalue weighted by molar-refractivity contribution is 7.89. The van der Waals surface area contributed by atoms with Gasteiger partial charge in [0, 0.05) is 43.1 Å². The smallest absolute Gasteiger partial charge is 0.255 e. The fraction of sp³-hybridized carbons (Fsp3) is 0.208. The van der Waals surface area contributed by atoms with Crippen LogP contribution in [0.4, 0.5) is 15.8 Å². The zero-order valence-corrected chi connectivity index (χ0v) is 18.5. The van der Waals surface area contributed by atoms with Crippen LogP contribution in [0.25, 0.3) is 0 Å². The number of nitrogens with one attached hydrogen (secondary N) is 1. The van der Waals surface area contributed by atoms with Gasteiger partial charge in [0.05, 0.1) is 0 Å². The van der Waals surface area contributed by atoms with Crippen LogP contribution in [0, 0.1) is 12.7 Å². The first-order valence-corrected chi connectivity index (χ1v) is 11.8. The largest absolute Gasteiger partial charge is 0.369 e. The number of sulfonamides is 1. The molecule has 0 aromatic heterocycles. The fourth-order valence-corrected chi connectivity index (χ4v) is 5.25. The lowest BCUT2D eigenvalue weighted by Crippen LogP contribution is -2.48. The van der Waals surface area contributed by atoms with Gasteiger partial charge in [-0.25, -0.2) is 12.8 Å². The molecule has 4 rings (SSSR count). The fourth-order valence-electron chi connectivity index (χ4n) is 3.73. The third-order valence-electron chi connectivity index (χ3n) is 5.45. The summed E-state index contributed by atoms with van der Waals surface area (Å²) in [4.78, 5) is 14.3. The topological polar surface area (TPSA) is 69.7 Å². The Balaban J connectivity index is 1.52. The monoisotopic (exact) mass is 453 g/mol. The van der Waals surface area contributed by atoms with E-state index in [4.69, 9.17) is 0 Å². The van der Waals surface area contributed by atoms with Crippen molar-refractivity contribution in [1.82, 2.24) is 4.31 Å². The van der Waals surface area contributed by atoms with Gasteiger partial charge in [0.25, 0.3) is 5.91 Å². The van der Waals surface area contributed by atoms with E-state index in [9.17, 15) is 17.6 Å². The molecule has 0 bridgehead atoms. The van der Waals surface area contributed by atoms with E-state index in [0.29, 0.717) is 18.8 Å². The molecule has 0 aliphatic carbocycles. The number of benzene rings is 3. The normalized spacial score (nSPS) is 14.9. The standard InChI is InChI=1S/C24H24FN3O3S/c1-18-6-5-7-20(16-18)26-24(29)19-10-11-22(25)23(17-19)32(30,31)28-14-12-27(13-15-28)21-8-3-2-4-9-21/h2-11,16-17H,12-15H2,1H3,(H,26,29). The van der Waals surface area contributed by atoms with Gasteiger partial charge in [-0.15, -0.1) is 0 Å². The second-order valence-electron chi connectivity index (χ2n) is 7.70. The number of carbonyl (C=O) groups is 1. The summed E-state index contributed by atoms with van der Waals surface area (Å²) >= 11 is 0. The molecule has 6 nitrogen and oxygen atoms in total. The van der Waals surface area contributed by atoms with Crippen molar-refractivity contribution in [3.8, 4) is 0 Å². The predicted octanol–water partition coefficient (Wildman–Crippen LogP) is 3.90. The molecule has 0 atom stereocenters. The molecule has 1 N–H and O–H groups in total. The first kappa shape index (κ1) is 22.0. The van der Waals surface area contributed by atoms with E-state index in [2.05, 4.69) is 10.2 Å². The average Bonchev–Trinajstić information content (AvgIpc) is 2.80. The van der Waals surface area contributed by atoms with Crippen molar-refractivity contribution in [1.29, 1.82) is 0 Å². The van der Waals surface area contributed by atoms with Crippen molar-refractivity contribution in [2.75, 3.05) is 36.4 Å². The van der Waals surface area contributed by atoms with Crippen LogP contribution in [0.5, 0.6) is 0 Å². The van der Waals surface area contributed by atoms with Gasteiger partial charge in [0.2, 0.25) is 10.0 Å². The van der Waals surface area contributed by atoms with E-state index in [1.807, 2.05) is 43.3 Å². The summed E-state index contributed by atoms with van der Waals surface area (Å²) in [5.74, 6) is -1.37. The quantitative estimate of drug-likeness (QED) is 0.636. The molecule has 1 aliphatic rings. The summed E-state index contributed by atoms with van der Waals surface area (Å²) in [5, 5.41) is 2.72. The highest BCUT2D eigenvalue weighted by atomic mass is 32.2. The molecule has 1 aliphatic heterocycles. The molecule has 0 unspecified atom stereocenters. The zero-order chi connectivity index (χ0) is 22.7. The number of halogens is 1. The van der Waals surface area contributed by atoms with Crippen molar-refractivity contribution in [3.05, 3.63) is 89.7 Å². The van der Waals surface area contributed by atoms with Gasteiger partial charge in [0.1, 0.15) is 10.7 Å². The SMILES string of the molecule is Cc1cccc(NC(=O)c2ccc(F)c(S(=O)(=O)N3CCN(c4ccccc4)CC3)c2)c1. The lowest BCUT2D eigenvalue weighted by atomic mass is 10.2. The van der Waals surface area contributed by atoms with Gasteiger partial charge >= 0.3 is 0 Å². The van der Waals surface area contributed by atoms with Crippen LogP contribution < -0.4 is 10.2 Å². The van der Waals surface area contributed by atoms with Crippen LogP contribution in [-0.2, 0) is 10.0 Å². The molecule has 1 heterocycles. The molecule has 166 valence electrons. The van der Waals surface area contributed by atoms with Gasteiger partial charge in [0.15, 0.2) is 0 Å². The lowest BCUT2D eigenvalue weighted by molar-refractivity contribution is 0.102. The number of carbonyl (C=O) groups excluding carboxylic acids is 1. The van der Waals surface area contributed by atoms with E-state index in [1.165, 1.54) is 10.4 Å². The average molecular weight is 454 g/mol. The Morgan fingerprint density at radius 2 is 1.62 bits per heavy atom. The summed E-state index contributed by atoms with van der Waals surface area (Å²) in [6.07, 6.45) is 0. The van der Waals surface area contributed by atoms with Gasteiger partial charge in [-0.3, -0.25) is 4.79 Å². The minimum absolute atomic E-state index is 0.0782. The second kappa shape index (κ2) is 9.10. The number of nitrogens with zero attached hydrogens (tertiary/aromatic N) is 2. The van der Waals surface area contributed by atoms with Gasteiger partial charge in [-0.1, -0.05) is 30.3 Å². The molecule has 0 saturated carbocycles. The molecule has 1 fully saturated rings. The third kappa shape index (κ3) is 4.66. The Labute approximate surface area is 187 Å². The number of anilines is 2. The van der Waals surface area contributed by atoms with E-state index in [0.717, 1.165) is 23.4 Å². The Morgan fingerprint density at radius 3 is 2.31 bits per heavy atom. The molecule has 0 spiro atoms. The predicted molar refractivity (Wildman–Crippen MR) is 123 cm³/mol. The minimum Gasteiger partial charge on any atom is -0.369 e. The Bertz CT molecular complexity index is 1220. The van der Waals surface area contributed by atoms with Crippen molar-refractivity contribution >= 4 is 27.3 Å². The molecule has 3 aromatic carbocycles. The van der Waals surface area contributed by atoms with Crippen LogP contribution in [-0.4, -0.2) is 44.8 Å². The highest BCUT2D eigenvalue weighted by Crippen LogP contribution is 2.24. The molecule has 32 heavy (non-hydrogen) atoms. The molecular formula is C24H24FN3O3S. The molecule has 1 saturated heterocycles. The maximum atomic E-state index is 14.6. The number of hydrogen-bond donors (Lipinski definition) is 1. The van der Waals surface area contributed by atoms with Crippen LogP contribution in [0.1, 0.15) is 15.9 Å². The lowest BCUT2D eigenvalue weighted by Gasteiger charge is -2.35. The van der Waals surface area contributed by atoms with Crippen LogP contribution >= 0.6 is 0 Å². The van der Waals surface area contributed by atoms with E-state index < -0.39 is 26.6 Å². The number of piperazine rings is 1. The van der Waals surface area contributed by atoms with Crippen molar-refractivity contribution < 1.29 is 17.6 Å². The van der Waals surface area contributed by atoms with Crippen molar-refractivity contribution in [3.63, 3.8) is 0 Å². The maximum absolute atomic E-state index is 14.6. The Hall–Kier alpha value is -3.23. The van der Waals surface area contributed by atoms with E-state index >= 15 is 0 Å². The van der Waals surface area contributed by atoms with Crippen molar-refractivity contribution in [2.45, 2.75) is 11.8 Å².